The molecule has 0 unspecified atom stereocenters. The van der Waals surface area contributed by atoms with E-state index < -0.39 is 0 Å². The lowest BCUT2D eigenvalue weighted by Gasteiger charge is -2.10. The third kappa shape index (κ3) is 3.68. The number of hydrogen-bond donors (Lipinski definition) is 2. The Morgan fingerprint density at radius 3 is 2.77 bits per heavy atom. The van der Waals surface area contributed by atoms with Gasteiger partial charge in [0.2, 0.25) is 0 Å². The van der Waals surface area contributed by atoms with Crippen LogP contribution >= 0.6 is 11.8 Å². The van der Waals surface area contributed by atoms with Gasteiger partial charge in [-0.2, -0.15) is 0 Å². The van der Waals surface area contributed by atoms with Crippen molar-refractivity contribution in [3.8, 4) is 0 Å². The molecule has 2 N–H and O–H groups in total. The summed E-state index contributed by atoms with van der Waals surface area (Å²) in [6, 6.07) is 0. The Morgan fingerprint density at radius 1 is 1.38 bits per heavy atom. The number of nitrogens with zero attached hydrogens (tertiary/aromatic N) is 2. The molecule has 1 aliphatic rings. The van der Waals surface area contributed by atoms with Gasteiger partial charge in [-0.05, 0) is 39.2 Å². The fourth-order valence-corrected chi connectivity index (χ4v) is 4.15. The average Bonchev–Trinajstić information content (AvgIpc) is 3.28. The molecular weight excluding hydrogens is 356 g/mol. The van der Waals surface area contributed by atoms with Gasteiger partial charge in [-0.3, -0.25) is 14.2 Å². The summed E-state index contributed by atoms with van der Waals surface area (Å²) in [7, 11) is 0. The van der Waals surface area contributed by atoms with Crippen molar-refractivity contribution in [2.24, 2.45) is 0 Å². The molecule has 140 valence electrons. The van der Waals surface area contributed by atoms with Gasteiger partial charge in [0.05, 0.1) is 24.1 Å². The van der Waals surface area contributed by atoms with Gasteiger partial charge < -0.3 is 9.72 Å². The van der Waals surface area contributed by atoms with E-state index in [1.807, 2.05) is 0 Å². The third-order valence-corrected chi connectivity index (χ3v) is 5.51. The first-order valence-electron chi connectivity index (χ1n) is 8.51. The van der Waals surface area contributed by atoms with Gasteiger partial charge in [-0.25, -0.2) is 9.89 Å². The molecule has 0 amide bonds. The van der Waals surface area contributed by atoms with E-state index in [-0.39, 0.29) is 29.1 Å². The molecular formula is C17H22N4O4S. The number of carbonyl (C=O) groups excluding carboxylic acids is 2. The first-order valence-corrected chi connectivity index (χ1v) is 9.50. The molecule has 1 fully saturated rings. The fraction of sp³-hybridized carbons (Fsp3) is 0.529. The molecule has 8 nitrogen and oxygen atoms in total. The van der Waals surface area contributed by atoms with Gasteiger partial charge in [0.15, 0.2) is 16.7 Å². The van der Waals surface area contributed by atoms with Crippen molar-refractivity contribution in [2.45, 2.75) is 51.4 Å². The molecule has 2 aromatic heterocycles. The first kappa shape index (κ1) is 18.7. The maximum absolute atomic E-state index is 12.6. The monoisotopic (exact) mass is 378 g/mol. The van der Waals surface area contributed by atoms with Crippen molar-refractivity contribution >= 4 is 23.3 Å². The van der Waals surface area contributed by atoms with Crippen molar-refractivity contribution < 1.29 is 14.3 Å². The minimum absolute atomic E-state index is 0.00628. The number of aromatic nitrogens is 4. The van der Waals surface area contributed by atoms with Crippen LogP contribution in [0, 0.1) is 13.8 Å². The Kier molecular flexibility index (Phi) is 5.47. The molecule has 0 bridgehead atoms. The van der Waals surface area contributed by atoms with E-state index in [1.54, 1.807) is 13.8 Å². The van der Waals surface area contributed by atoms with Gasteiger partial charge in [-0.15, -0.1) is 5.10 Å². The lowest BCUT2D eigenvalue weighted by atomic mass is 10.1. The number of ether oxygens (including phenoxy) is 1. The molecule has 0 aliphatic carbocycles. The highest BCUT2D eigenvalue weighted by Crippen LogP contribution is 2.22. The second-order valence-corrected chi connectivity index (χ2v) is 7.39. The van der Waals surface area contributed by atoms with Crippen LogP contribution in [0.2, 0.25) is 0 Å². The number of H-pyrrole nitrogens is 2. The van der Waals surface area contributed by atoms with E-state index in [2.05, 4.69) is 15.2 Å². The van der Waals surface area contributed by atoms with Crippen molar-refractivity contribution in [3.63, 3.8) is 0 Å². The predicted octanol–water partition coefficient (Wildman–Crippen LogP) is 1.87. The summed E-state index contributed by atoms with van der Waals surface area (Å²) < 4.78 is 7.09. The predicted molar refractivity (Wildman–Crippen MR) is 97.1 cm³/mol. The third-order valence-electron chi connectivity index (χ3n) is 4.53. The second-order valence-electron chi connectivity index (χ2n) is 6.45. The molecule has 0 spiro atoms. The van der Waals surface area contributed by atoms with E-state index >= 15 is 0 Å². The summed E-state index contributed by atoms with van der Waals surface area (Å²) in [5.74, 6) is -0.0867. The van der Waals surface area contributed by atoms with Crippen molar-refractivity contribution in [2.75, 3.05) is 12.4 Å². The van der Waals surface area contributed by atoms with Gasteiger partial charge in [0, 0.05) is 17.9 Å². The number of thioether (sulfide) groups is 1. The zero-order valence-electron chi connectivity index (χ0n) is 15.0. The summed E-state index contributed by atoms with van der Waals surface area (Å²) in [6.45, 7) is 6.17. The topological polar surface area (TPSA) is 110 Å². The minimum atomic E-state index is -0.304. The van der Waals surface area contributed by atoms with Gasteiger partial charge in [-0.1, -0.05) is 11.8 Å². The maximum atomic E-state index is 12.6. The molecule has 9 heteroatoms. The number of carbonyl (C=O) groups is 2. The molecule has 1 aliphatic heterocycles. The molecule has 1 atom stereocenters. The SMILES string of the molecule is CC(=O)c1c(C)[nH]c(C(=O)CSc2n[nH]c(=O)n2C[C@@H]2CCCO2)c1C. The molecule has 0 aromatic carbocycles. The van der Waals surface area contributed by atoms with E-state index in [0.29, 0.717) is 40.8 Å². The van der Waals surface area contributed by atoms with Crippen LogP contribution in [0.15, 0.2) is 9.95 Å². The lowest BCUT2D eigenvalue weighted by Crippen LogP contribution is -2.25. The van der Waals surface area contributed by atoms with Crippen LogP contribution in [-0.2, 0) is 11.3 Å². The molecule has 26 heavy (non-hydrogen) atoms. The summed E-state index contributed by atoms with van der Waals surface area (Å²) in [4.78, 5) is 39.3. The smallest absolute Gasteiger partial charge is 0.344 e. The number of Topliss-reactive ketones (excluding diaryl/α,β-unsaturated/α-hetero) is 2. The Hall–Kier alpha value is -2.13. The van der Waals surface area contributed by atoms with E-state index in [9.17, 15) is 14.4 Å². The summed E-state index contributed by atoms with van der Waals surface area (Å²) >= 11 is 1.20. The minimum Gasteiger partial charge on any atom is -0.376 e. The van der Waals surface area contributed by atoms with Gasteiger partial charge in [0.1, 0.15) is 0 Å². The Bertz CT molecular complexity index is 889. The van der Waals surface area contributed by atoms with E-state index in [1.165, 1.54) is 23.3 Å². The highest BCUT2D eigenvalue weighted by molar-refractivity contribution is 7.99. The molecule has 3 rings (SSSR count). The number of aryl methyl sites for hydroxylation is 1. The molecule has 0 radical (unpaired) electrons. The lowest BCUT2D eigenvalue weighted by molar-refractivity contribution is 0.0941. The standard InChI is InChI=1S/C17H22N4O4S/c1-9-14(11(3)22)10(2)18-15(9)13(23)8-26-17-20-19-16(24)21(17)7-12-5-4-6-25-12/h12,18H,4-8H2,1-3H3,(H,19,24)/t12-/m0/s1. The highest BCUT2D eigenvalue weighted by Gasteiger charge is 2.22. The van der Waals surface area contributed by atoms with Crippen molar-refractivity contribution in [1.29, 1.82) is 0 Å². The van der Waals surface area contributed by atoms with Crippen LogP contribution in [-0.4, -0.2) is 49.8 Å². The number of nitrogens with one attached hydrogen (secondary N) is 2. The number of hydrogen-bond acceptors (Lipinski definition) is 6. The second kappa shape index (κ2) is 7.63. The largest absolute Gasteiger partial charge is 0.376 e. The normalized spacial score (nSPS) is 17.0. The van der Waals surface area contributed by atoms with E-state index in [0.717, 1.165) is 12.8 Å². The molecule has 3 heterocycles. The fourth-order valence-electron chi connectivity index (χ4n) is 3.33. The van der Waals surface area contributed by atoms with Crippen LogP contribution in [0.1, 0.15) is 51.9 Å². The van der Waals surface area contributed by atoms with Gasteiger partial charge >= 0.3 is 5.69 Å². The van der Waals surface area contributed by atoms with Crippen LogP contribution < -0.4 is 5.69 Å². The number of ketones is 2. The maximum Gasteiger partial charge on any atom is 0.344 e. The molecule has 0 saturated carbocycles. The van der Waals surface area contributed by atoms with E-state index in [4.69, 9.17) is 4.74 Å². The zero-order valence-corrected chi connectivity index (χ0v) is 15.9. The van der Waals surface area contributed by atoms with Crippen molar-refractivity contribution in [1.82, 2.24) is 19.7 Å². The van der Waals surface area contributed by atoms with Crippen LogP contribution in [0.3, 0.4) is 0 Å². The van der Waals surface area contributed by atoms with Crippen LogP contribution in [0.5, 0.6) is 0 Å². The number of aromatic amines is 2. The highest BCUT2D eigenvalue weighted by atomic mass is 32.2. The molecule has 2 aromatic rings. The van der Waals surface area contributed by atoms with Crippen molar-refractivity contribution in [3.05, 3.63) is 33.0 Å². The first-order chi connectivity index (χ1) is 12.4. The molecule has 1 saturated heterocycles. The Balaban J connectivity index is 1.72. The Labute approximate surface area is 154 Å². The van der Waals surface area contributed by atoms with Gasteiger partial charge in [0.25, 0.3) is 0 Å². The Morgan fingerprint density at radius 2 is 2.15 bits per heavy atom. The van der Waals surface area contributed by atoms with Crippen LogP contribution in [0.4, 0.5) is 0 Å². The van der Waals surface area contributed by atoms with Crippen LogP contribution in [0.25, 0.3) is 0 Å². The summed E-state index contributed by atoms with van der Waals surface area (Å²) in [5.41, 5.74) is 2.05. The quantitative estimate of drug-likeness (QED) is 0.562. The average molecular weight is 378 g/mol. The zero-order chi connectivity index (χ0) is 18.8. The summed E-state index contributed by atoms with van der Waals surface area (Å²) in [6.07, 6.45) is 1.91. The number of rotatable bonds is 7. The summed E-state index contributed by atoms with van der Waals surface area (Å²) in [5, 5.41) is 6.91.